The summed E-state index contributed by atoms with van der Waals surface area (Å²) in [6.45, 7) is 3.69. The number of benzene rings is 1. The first-order chi connectivity index (χ1) is 8.00. The zero-order valence-corrected chi connectivity index (χ0v) is 10.9. The van der Waals surface area contributed by atoms with Crippen molar-refractivity contribution >= 4 is 18.1 Å². The average molecular weight is 255 g/mol. The Morgan fingerprint density at radius 2 is 1.88 bits per heavy atom. The van der Waals surface area contributed by atoms with Gasteiger partial charge in [-0.1, -0.05) is 44.2 Å². The molecular formula is C11H18BNO3S. The van der Waals surface area contributed by atoms with Crippen LogP contribution in [-0.4, -0.2) is 27.3 Å². The summed E-state index contributed by atoms with van der Waals surface area (Å²) in [5.74, 6) is -0.231. The Morgan fingerprint density at radius 1 is 1.29 bits per heavy atom. The molecule has 0 spiro atoms. The molecule has 0 aliphatic carbocycles. The first kappa shape index (κ1) is 14.4. The van der Waals surface area contributed by atoms with E-state index in [0.717, 1.165) is 5.56 Å². The van der Waals surface area contributed by atoms with Crippen molar-refractivity contribution < 1.29 is 14.3 Å². The molecular weight excluding hydrogens is 237 g/mol. The van der Waals surface area contributed by atoms with Crippen molar-refractivity contribution in [3.8, 4) is 0 Å². The number of hydrogen-bond donors (Lipinski definition) is 3. The molecule has 0 heterocycles. The van der Waals surface area contributed by atoms with Gasteiger partial charge in [0, 0.05) is 0 Å². The molecule has 3 N–H and O–H groups in total. The molecule has 0 aliphatic heterocycles. The molecule has 0 radical (unpaired) electrons. The predicted octanol–water partition coefficient (Wildman–Crippen LogP) is 0.476. The molecule has 2 unspecified atom stereocenters. The van der Waals surface area contributed by atoms with Gasteiger partial charge in [-0.15, -0.1) is 0 Å². The molecule has 1 rings (SSSR count). The van der Waals surface area contributed by atoms with Crippen LogP contribution in [0.4, 0.5) is 0 Å². The molecule has 17 heavy (non-hydrogen) atoms. The molecule has 1 aromatic rings. The molecule has 1 aromatic carbocycles. The van der Waals surface area contributed by atoms with Crippen molar-refractivity contribution in [3.63, 3.8) is 0 Å². The summed E-state index contributed by atoms with van der Waals surface area (Å²) in [6.07, 6.45) is 0. The highest BCUT2D eigenvalue weighted by molar-refractivity contribution is 7.82. The lowest BCUT2D eigenvalue weighted by molar-refractivity contribution is 0.357. The van der Waals surface area contributed by atoms with Crippen LogP contribution < -0.4 is 4.72 Å². The monoisotopic (exact) mass is 255 g/mol. The van der Waals surface area contributed by atoms with Gasteiger partial charge >= 0.3 is 7.12 Å². The molecule has 0 saturated heterocycles. The molecule has 0 fully saturated rings. The van der Waals surface area contributed by atoms with Crippen LogP contribution in [0, 0.1) is 5.92 Å². The van der Waals surface area contributed by atoms with Gasteiger partial charge in [0.15, 0.2) is 0 Å². The lowest BCUT2D eigenvalue weighted by Crippen LogP contribution is -2.48. The first-order valence-corrected chi connectivity index (χ1v) is 6.87. The van der Waals surface area contributed by atoms with E-state index in [0.29, 0.717) is 5.75 Å². The molecule has 2 atom stereocenters. The smallest absolute Gasteiger partial charge is 0.426 e. The Labute approximate surface area is 105 Å². The third-order valence-electron chi connectivity index (χ3n) is 2.45. The third-order valence-corrected chi connectivity index (χ3v) is 3.58. The van der Waals surface area contributed by atoms with Crippen molar-refractivity contribution in [3.05, 3.63) is 35.9 Å². The van der Waals surface area contributed by atoms with Gasteiger partial charge in [-0.25, -0.2) is 8.93 Å². The zero-order chi connectivity index (χ0) is 12.8. The largest absolute Gasteiger partial charge is 0.470 e. The predicted molar refractivity (Wildman–Crippen MR) is 70.2 cm³/mol. The van der Waals surface area contributed by atoms with Crippen molar-refractivity contribution in [1.82, 2.24) is 4.72 Å². The van der Waals surface area contributed by atoms with Gasteiger partial charge in [0.1, 0.15) is 0 Å². The second-order valence-electron chi connectivity index (χ2n) is 4.28. The molecule has 94 valence electrons. The maximum absolute atomic E-state index is 11.8. The summed E-state index contributed by atoms with van der Waals surface area (Å²) in [5, 5.41) is 18.3. The number of nitrogens with one attached hydrogen (secondary N) is 1. The highest BCUT2D eigenvalue weighted by Crippen LogP contribution is 2.06. The quantitative estimate of drug-likeness (QED) is 0.647. The van der Waals surface area contributed by atoms with Gasteiger partial charge in [-0.05, 0) is 11.5 Å². The first-order valence-electron chi connectivity index (χ1n) is 5.55. The van der Waals surface area contributed by atoms with Gasteiger partial charge < -0.3 is 10.0 Å². The van der Waals surface area contributed by atoms with Crippen LogP contribution in [0.25, 0.3) is 0 Å². The van der Waals surface area contributed by atoms with Crippen LogP contribution in [0.2, 0.25) is 0 Å². The maximum atomic E-state index is 11.8. The average Bonchev–Trinajstić information content (AvgIpc) is 2.26. The Balaban J connectivity index is 2.54. The van der Waals surface area contributed by atoms with Gasteiger partial charge in [-0.3, -0.25) is 0 Å². The third kappa shape index (κ3) is 4.99. The van der Waals surface area contributed by atoms with Crippen LogP contribution in [-0.2, 0) is 16.7 Å². The van der Waals surface area contributed by atoms with Crippen molar-refractivity contribution in [2.45, 2.75) is 25.5 Å². The van der Waals surface area contributed by atoms with E-state index in [1.807, 2.05) is 44.2 Å². The minimum Gasteiger partial charge on any atom is -0.426 e. The Hall–Kier alpha value is -0.685. The summed E-state index contributed by atoms with van der Waals surface area (Å²) in [6, 6.07) is 9.44. The molecule has 0 bridgehead atoms. The molecule has 0 aromatic heterocycles. The topological polar surface area (TPSA) is 69.6 Å². The molecule has 0 amide bonds. The lowest BCUT2D eigenvalue weighted by atomic mass is 9.74. The Morgan fingerprint density at radius 3 is 2.35 bits per heavy atom. The normalized spacial score (nSPS) is 14.6. The molecule has 4 nitrogen and oxygen atoms in total. The summed E-state index contributed by atoms with van der Waals surface area (Å²) < 4.78 is 14.5. The standard InChI is InChI=1S/C11H18BNO3S/c1-9(2)11(12(14)15)13-17(16)8-10-6-4-3-5-7-10/h3-7,9,11,13-15H,8H2,1-2H3. The zero-order valence-electron chi connectivity index (χ0n) is 10.0. The van der Waals surface area contributed by atoms with Gasteiger partial charge in [0.25, 0.3) is 0 Å². The SMILES string of the molecule is CC(C)C(NS(=O)Cc1ccccc1)B(O)O. The summed E-state index contributed by atoms with van der Waals surface area (Å²) >= 11 is 0. The maximum Gasteiger partial charge on any atom is 0.470 e. The Bertz CT molecular complexity index is 351. The number of rotatable bonds is 6. The van der Waals surface area contributed by atoms with Crippen LogP contribution in [0.15, 0.2) is 30.3 Å². The van der Waals surface area contributed by atoms with Crippen LogP contribution >= 0.6 is 0 Å². The fourth-order valence-corrected chi connectivity index (χ4v) is 2.74. The van der Waals surface area contributed by atoms with Gasteiger partial charge in [0.05, 0.1) is 22.7 Å². The van der Waals surface area contributed by atoms with Crippen molar-refractivity contribution in [1.29, 1.82) is 0 Å². The van der Waals surface area contributed by atoms with E-state index in [-0.39, 0.29) is 5.92 Å². The summed E-state index contributed by atoms with van der Waals surface area (Å²) in [4.78, 5) is 0. The van der Waals surface area contributed by atoms with Gasteiger partial charge in [-0.2, -0.15) is 0 Å². The van der Waals surface area contributed by atoms with E-state index in [4.69, 9.17) is 10.0 Å². The molecule has 0 saturated carbocycles. The van der Waals surface area contributed by atoms with E-state index < -0.39 is 24.0 Å². The van der Waals surface area contributed by atoms with E-state index in [1.54, 1.807) is 0 Å². The van der Waals surface area contributed by atoms with Crippen molar-refractivity contribution in [2.75, 3.05) is 0 Å². The summed E-state index contributed by atoms with van der Waals surface area (Å²) in [7, 11) is -2.82. The summed E-state index contributed by atoms with van der Waals surface area (Å²) in [5.41, 5.74) is 0.952. The lowest BCUT2D eigenvalue weighted by Gasteiger charge is -2.20. The van der Waals surface area contributed by atoms with E-state index in [2.05, 4.69) is 4.72 Å². The minimum absolute atomic E-state index is 0.00489. The van der Waals surface area contributed by atoms with Gasteiger partial charge in [0.2, 0.25) is 0 Å². The minimum atomic E-state index is -1.50. The molecule has 6 heteroatoms. The number of hydrogen-bond acceptors (Lipinski definition) is 3. The van der Waals surface area contributed by atoms with Crippen molar-refractivity contribution in [2.24, 2.45) is 5.92 Å². The van der Waals surface area contributed by atoms with E-state index in [9.17, 15) is 4.21 Å². The van der Waals surface area contributed by atoms with E-state index in [1.165, 1.54) is 0 Å². The van der Waals surface area contributed by atoms with Crippen LogP contribution in [0.5, 0.6) is 0 Å². The fourth-order valence-electron chi connectivity index (χ4n) is 1.46. The second kappa shape index (κ2) is 6.91. The van der Waals surface area contributed by atoms with E-state index >= 15 is 0 Å². The molecule has 0 aliphatic rings. The highest BCUT2D eigenvalue weighted by Gasteiger charge is 2.27. The van der Waals surface area contributed by atoms with Crippen LogP contribution in [0.1, 0.15) is 19.4 Å². The fraction of sp³-hybridized carbons (Fsp3) is 0.455. The Kier molecular flexibility index (Phi) is 5.84. The highest BCUT2D eigenvalue weighted by atomic mass is 32.2. The van der Waals surface area contributed by atoms with Crippen LogP contribution in [0.3, 0.4) is 0 Å². The second-order valence-corrected chi connectivity index (χ2v) is 5.49.